The highest BCUT2D eigenvalue weighted by atomic mass is 32.2. The standard InChI is InChI=1S/C26H33NO6S/c1-31-24-11-6-22(7-12-24)8-15-26(28)33-19-5-3-2-4-18-32-25-13-9-23(10-14-25)27-16-20-34(29,30)21-17-27/h6-15H,2-5,16-21H2,1H3. The molecular formula is C26H33NO6S. The van der Waals surface area contributed by atoms with Crippen molar-refractivity contribution in [1.82, 2.24) is 0 Å². The fraction of sp³-hybridized carbons (Fsp3) is 0.423. The largest absolute Gasteiger partial charge is 0.497 e. The van der Waals surface area contributed by atoms with Gasteiger partial charge in [-0.3, -0.25) is 0 Å². The maximum absolute atomic E-state index is 11.8. The van der Waals surface area contributed by atoms with Gasteiger partial charge < -0.3 is 19.1 Å². The second-order valence-electron chi connectivity index (χ2n) is 8.17. The molecular weight excluding hydrogens is 454 g/mol. The van der Waals surface area contributed by atoms with Gasteiger partial charge >= 0.3 is 5.97 Å². The molecule has 0 aromatic heterocycles. The van der Waals surface area contributed by atoms with Gasteiger partial charge in [-0.2, -0.15) is 0 Å². The van der Waals surface area contributed by atoms with Crippen molar-refractivity contribution in [1.29, 1.82) is 0 Å². The molecule has 1 saturated heterocycles. The van der Waals surface area contributed by atoms with Crippen LogP contribution in [0, 0.1) is 0 Å². The molecule has 1 aliphatic heterocycles. The van der Waals surface area contributed by atoms with Gasteiger partial charge in [-0.05, 0) is 73.7 Å². The van der Waals surface area contributed by atoms with Crippen molar-refractivity contribution in [2.45, 2.75) is 25.7 Å². The molecule has 2 aromatic rings. The summed E-state index contributed by atoms with van der Waals surface area (Å²) in [5.41, 5.74) is 1.94. The molecule has 1 heterocycles. The number of esters is 1. The first kappa shape index (κ1) is 25.6. The van der Waals surface area contributed by atoms with E-state index in [4.69, 9.17) is 14.2 Å². The lowest BCUT2D eigenvalue weighted by atomic mass is 10.2. The summed E-state index contributed by atoms with van der Waals surface area (Å²) in [5.74, 6) is 1.67. The zero-order valence-corrected chi connectivity index (χ0v) is 20.5. The van der Waals surface area contributed by atoms with Crippen LogP contribution in [0.25, 0.3) is 6.08 Å². The Bertz CT molecular complexity index is 1020. The maximum atomic E-state index is 11.8. The average Bonchev–Trinajstić information content (AvgIpc) is 2.85. The minimum Gasteiger partial charge on any atom is -0.497 e. The lowest BCUT2D eigenvalue weighted by molar-refractivity contribution is -0.137. The molecule has 34 heavy (non-hydrogen) atoms. The van der Waals surface area contributed by atoms with Crippen LogP contribution in [-0.2, 0) is 19.4 Å². The summed E-state index contributed by atoms with van der Waals surface area (Å²) in [5, 5.41) is 0. The summed E-state index contributed by atoms with van der Waals surface area (Å²) in [6.45, 7) is 2.12. The first-order valence-corrected chi connectivity index (χ1v) is 13.4. The molecule has 184 valence electrons. The number of hydrogen-bond acceptors (Lipinski definition) is 7. The summed E-state index contributed by atoms with van der Waals surface area (Å²) in [7, 11) is -1.26. The highest BCUT2D eigenvalue weighted by Gasteiger charge is 2.21. The molecule has 0 aliphatic carbocycles. The molecule has 0 N–H and O–H groups in total. The lowest BCUT2D eigenvalue weighted by Crippen LogP contribution is -2.40. The molecule has 0 amide bonds. The highest BCUT2D eigenvalue weighted by Crippen LogP contribution is 2.21. The van der Waals surface area contributed by atoms with E-state index in [-0.39, 0.29) is 17.5 Å². The van der Waals surface area contributed by atoms with Gasteiger partial charge in [0.25, 0.3) is 0 Å². The summed E-state index contributed by atoms with van der Waals surface area (Å²) in [6.07, 6.45) is 6.88. The minimum absolute atomic E-state index is 0.213. The van der Waals surface area contributed by atoms with Crippen molar-refractivity contribution in [2.75, 3.05) is 49.8 Å². The van der Waals surface area contributed by atoms with Gasteiger partial charge in [0, 0.05) is 24.9 Å². The maximum Gasteiger partial charge on any atom is 0.330 e. The Balaban J connectivity index is 1.22. The van der Waals surface area contributed by atoms with Crippen LogP contribution in [-0.4, -0.2) is 59.3 Å². The van der Waals surface area contributed by atoms with E-state index >= 15 is 0 Å². The smallest absolute Gasteiger partial charge is 0.330 e. The van der Waals surface area contributed by atoms with E-state index in [1.165, 1.54) is 6.08 Å². The van der Waals surface area contributed by atoms with Crippen LogP contribution in [0.5, 0.6) is 11.5 Å². The number of nitrogens with zero attached hydrogens (tertiary/aromatic N) is 1. The van der Waals surface area contributed by atoms with E-state index in [9.17, 15) is 13.2 Å². The third kappa shape index (κ3) is 8.74. The van der Waals surface area contributed by atoms with Crippen LogP contribution in [0.2, 0.25) is 0 Å². The first-order valence-electron chi connectivity index (χ1n) is 11.6. The molecule has 1 fully saturated rings. The summed E-state index contributed by atoms with van der Waals surface area (Å²) in [6, 6.07) is 15.2. The van der Waals surface area contributed by atoms with Crippen molar-refractivity contribution in [3.05, 3.63) is 60.2 Å². The van der Waals surface area contributed by atoms with Gasteiger partial charge in [0.1, 0.15) is 11.5 Å². The molecule has 0 saturated carbocycles. The first-order chi connectivity index (χ1) is 16.4. The summed E-state index contributed by atoms with van der Waals surface area (Å²) < 4.78 is 39.3. The number of hydrogen-bond donors (Lipinski definition) is 0. The fourth-order valence-electron chi connectivity index (χ4n) is 3.57. The molecule has 0 radical (unpaired) electrons. The van der Waals surface area contributed by atoms with Gasteiger partial charge in [-0.1, -0.05) is 12.1 Å². The van der Waals surface area contributed by atoms with E-state index in [1.54, 1.807) is 13.2 Å². The Hall–Kier alpha value is -3.00. The Morgan fingerprint density at radius 2 is 1.50 bits per heavy atom. The Kier molecular flexibility index (Phi) is 9.82. The monoisotopic (exact) mass is 487 g/mol. The lowest BCUT2D eigenvalue weighted by Gasteiger charge is -2.28. The van der Waals surface area contributed by atoms with Crippen molar-refractivity contribution < 1.29 is 27.4 Å². The quantitative estimate of drug-likeness (QED) is 0.253. The third-order valence-corrected chi connectivity index (χ3v) is 7.23. The number of carbonyl (C=O) groups is 1. The van der Waals surface area contributed by atoms with Crippen molar-refractivity contribution in [3.63, 3.8) is 0 Å². The fourth-order valence-corrected chi connectivity index (χ4v) is 4.77. The topological polar surface area (TPSA) is 82.1 Å². The second kappa shape index (κ2) is 13.0. The van der Waals surface area contributed by atoms with Crippen LogP contribution >= 0.6 is 0 Å². The number of unbranched alkanes of at least 4 members (excludes halogenated alkanes) is 3. The number of methoxy groups -OCH3 is 1. The molecule has 0 bridgehead atoms. The predicted octanol–water partition coefficient (Wildman–Crippen LogP) is 4.13. The number of benzene rings is 2. The van der Waals surface area contributed by atoms with Crippen LogP contribution in [0.4, 0.5) is 5.69 Å². The van der Waals surface area contributed by atoms with E-state index in [0.717, 1.165) is 48.4 Å². The van der Waals surface area contributed by atoms with Crippen LogP contribution < -0.4 is 14.4 Å². The number of sulfone groups is 1. The van der Waals surface area contributed by atoms with Crippen LogP contribution in [0.3, 0.4) is 0 Å². The van der Waals surface area contributed by atoms with Gasteiger partial charge in [-0.15, -0.1) is 0 Å². The van der Waals surface area contributed by atoms with Crippen LogP contribution in [0.1, 0.15) is 31.2 Å². The van der Waals surface area contributed by atoms with Crippen molar-refractivity contribution in [3.8, 4) is 11.5 Å². The van der Waals surface area contributed by atoms with Crippen molar-refractivity contribution >= 4 is 27.6 Å². The van der Waals surface area contributed by atoms with Crippen LogP contribution in [0.15, 0.2) is 54.6 Å². The number of anilines is 1. The van der Waals surface area contributed by atoms with E-state index < -0.39 is 9.84 Å². The highest BCUT2D eigenvalue weighted by molar-refractivity contribution is 7.91. The Morgan fingerprint density at radius 1 is 0.882 bits per heavy atom. The number of ether oxygens (including phenoxy) is 3. The molecule has 0 unspecified atom stereocenters. The van der Waals surface area contributed by atoms with E-state index in [2.05, 4.69) is 4.90 Å². The van der Waals surface area contributed by atoms with Gasteiger partial charge in [0.15, 0.2) is 9.84 Å². The molecule has 1 aliphatic rings. The predicted molar refractivity (Wildman–Crippen MR) is 134 cm³/mol. The SMILES string of the molecule is COc1ccc(C=CC(=O)OCCCCCCOc2ccc(N3CCS(=O)(=O)CC3)cc2)cc1. The Morgan fingerprint density at radius 3 is 2.15 bits per heavy atom. The van der Waals surface area contributed by atoms with Gasteiger partial charge in [0.05, 0.1) is 31.8 Å². The van der Waals surface area contributed by atoms with Gasteiger partial charge in [-0.25, -0.2) is 13.2 Å². The van der Waals surface area contributed by atoms with E-state index in [1.807, 2.05) is 48.5 Å². The molecule has 0 spiro atoms. The second-order valence-corrected chi connectivity index (χ2v) is 10.5. The number of rotatable bonds is 12. The molecule has 7 nitrogen and oxygen atoms in total. The summed E-state index contributed by atoms with van der Waals surface area (Å²) in [4.78, 5) is 13.9. The molecule has 2 aromatic carbocycles. The Labute approximate surface area is 202 Å². The summed E-state index contributed by atoms with van der Waals surface area (Å²) >= 11 is 0. The van der Waals surface area contributed by atoms with Gasteiger partial charge in [0.2, 0.25) is 0 Å². The molecule has 0 atom stereocenters. The minimum atomic E-state index is -2.87. The third-order valence-electron chi connectivity index (χ3n) is 5.63. The molecule has 3 rings (SSSR count). The normalized spacial score (nSPS) is 15.3. The zero-order chi connectivity index (χ0) is 24.2. The number of carbonyl (C=O) groups excluding carboxylic acids is 1. The zero-order valence-electron chi connectivity index (χ0n) is 19.6. The average molecular weight is 488 g/mol. The van der Waals surface area contributed by atoms with Crippen molar-refractivity contribution in [2.24, 2.45) is 0 Å². The van der Waals surface area contributed by atoms with E-state index in [0.29, 0.717) is 26.3 Å². The molecule has 8 heteroatoms.